The summed E-state index contributed by atoms with van der Waals surface area (Å²) in [5.41, 5.74) is 3.29. The monoisotopic (exact) mass is 367 g/mol. The Bertz CT molecular complexity index is 940. The molecule has 132 valence electrons. The summed E-state index contributed by atoms with van der Waals surface area (Å²) < 4.78 is 0. The van der Waals surface area contributed by atoms with E-state index in [9.17, 15) is 14.9 Å². The van der Waals surface area contributed by atoms with Crippen molar-refractivity contribution in [2.45, 2.75) is 19.9 Å². The Kier molecular flexibility index (Phi) is 5.05. The second-order valence-electron chi connectivity index (χ2n) is 5.95. The second-order valence-corrected chi connectivity index (χ2v) is 7.06. The number of hydrogen-bond donors (Lipinski definition) is 2. The molecule has 3 rings (SSSR count). The number of benzene rings is 1. The summed E-state index contributed by atoms with van der Waals surface area (Å²) in [7, 11) is 0. The van der Waals surface area contributed by atoms with Gasteiger partial charge >= 0.3 is 6.09 Å². The molecule has 0 unspecified atom stereocenters. The van der Waals surface area contributed by atoms with Crippen LogP contribution in [0.5, 0.6) is 0 Å². The van der Waals surface area contributed by atoms with E-state index in [1.165, 1.54) is 22.3 Å². The third-order valence-electron chi connectivity index (χ3n) is 4.28. The zero-order chi connectivity index (χ0) is 18.7. The minimum atomic E-state index is -0.977. The Morgan fingerprint density at radius 2 is 2.15 bits per heavy atom. The van der Waals surface area contributed by atoms with E-state index in [0.717, 1.165) is 21.6 Å². The smallest absolute Gasteiger partial charge is 0.407 e. The molecule has 0 saturated carbocycles. The van der Waals surface area contributed by atoms with Crippen LogP contribution in [0.3, 0.4) is 0 Å². The first-order valence-electron chi connectivity index (χ1n) is 8.06. The first-order valence-corrected chi connectivity index (χ1v) is 8.88. The molecule has 1 aliphatic heterocycles. The molecule has 0 saturated heterocycles. The number of rotatable bonds is 3. The van der Waals surface area contributed by atoms with Gasteiger partial charge in [-0.1, -0.05) is 24.3 Å². The topological polar surface area (TPSA) is 93.4 Å². The first kappa shape index (κ1) is 17.7. The zero-order valence-corrected chi connectivity index (χ0v) is 15.0. The van der Waals surface area contributed by atoms with Crippen molar-refractivity contribution in [3.63, 3.8) is 0 Å². The number of nitrogens with zero attached hydrogens (tertiary/aromatic N) is 2. The summed E-state index contributed by atoms with van der Waals surface area (Å²) in [6, 6.07) is 9.86. The van der Waals surface area contributed by atoms with Gasteiger partial charge in [-0.3, -0.25) is 4.79 Å². The summed E-state index contributed by atoms with van der Waals surface area (Å²) in [4.78, 5) is 25.5. The zero-order valence-electron chi connectivity index (χ0n) is 14.2. The van der Waals surface area contributed by atoms with Gasteiger partial charge in [-0.25, -0.2) is 4.79 Å². The van der Waals surface area contributed by atoms with Gasteiger partial charge in [0, 0.05) is 17.5 Å². The van der Waals surface area contributed by atoms with Crippen molar-refractivity contribution in [2.75, 3.05) is 11.9 Å². The van der Waals surface area contributed by atoms with Crippen LogP contribution in [0, 0.1) is 18.3 Å². The number of aryl methyl sites for hydroxylation is 1. The lowest BCUT2D eigenvalue weighted by molar-refractivity contribution is -0.111. The van der Waals surface area contributed by atoms with E-state index < -0.39 is 6.09 Å². The Hall–Kier alpha value is -3.11. The molecule has 26 heavy (non-hydrogen) atoms. The Morgan fingerprint density at radius 1 is 1.38 bits per heavy atom. The average molecular weight is 367 g/mol. The lowest BCUT2D eigenvalue weighted by Gasteiger charge is -2.23. The van der Waals surface area contributed by atoms with Crippen LogP contribution < -0.4 is 5.32 Å². The molecule has 0 spiro atoms. The number of carbonyl (C=O) groups is 2. The van der Waals surface area contributed by atoms with Crippen LogP contribution in [-0.4, -0.2) is 28.6 Å². The summed E-state index contributed by atoms with van der Waals surface area (Å²) in [5, 5.41) is 21.8. The first-order chi connectivity index (χ1) is 12.5. The molecular weight excluding hydrogens is 350 g/mol. The van der Waals surface area contributed by atoms with E-state index in [-0.39, 0.29) is 12.5 Å². The van der Waals surface area contributed by atoms with E-state index in [2.05, 4.69) is 11.4 Å². The fraction of sp³-hybridized carbons (Fsp3) is 0.211. The van der Waals surface area contributed by atoms with E-state index in [1.54, 1.807) is 6.08 Å². The standard InChI is InChI=1S/C19H17N3O3S/c1-12-4-2-3-5-13(12)6-7-17(23)21-18-15(10-20)14-8-9-22(19(24)25)11-16(14)26-18/h2-7H,8-9,11H2,1H3,(H,21,23)(H,24,25). The lowest BCUT2D eigenvalue weighted by atomic mass is 10.0. The molecule has 2 aromatic rings. The number of thiophene rings is 1. The van der Waals surface area contributed by atoms with Crippen molar-refractivity contribution in [2.24, 2.45) is 0 Å². The van der Waals surface area contributed by atoms with Crippen LogP contribution in [-0.2, 0) is 17.8 Å². The third-order valence-corrected chi connectivity index (χ3v) is 5.41. The number of amides is 2. The fourth-order valence-corrected chi connectivity index (χ4v) is 4.08. The van der Waals surface area contributed by atoms with E-state index in [1.807, 2.05) is 31.2 Å². The van der Waals surface area contributed by atoms with Crippen molar-refractivity contribution >= 4 is 34.4 Å². The number of carbonyl (C=O) groups excluding carboxylic acids is 1. The summed E-state index contributed by atoms with van der Waals surface area (Å²) in [6.45, 7) is 2.57. The second kappa shape index (κ2) is 7.42. The van der Waals surface area contributed by atoms with E-state index >= 15 is 0 Å². The molecule has 7 heteroatoms. The molecule has 0 fully saturated rings. The van der Waals surface area contributed by atoms with Crippen LogP contribution in [0.1, 0.15) is 27.1 Å². The number of nitriles is 1. The number of hydrogen-bond acceptors (Lipinski definition) is 4. The molecule has 2 heterocycles. The predicted octanol–water partition coefficient (Wildman–Crippen LogP) is 3.62. The third kappa shape index (κ3) is 3.60. The van der Waals surface area contributed by atoms with Gasteiger partial charge in [0.15, 0.2) is 0 Å². The summed E-state index contributed by atoms with van der Waals surface area (Å²) in [5.74, 6) is -0.321. The maximum absolute atomic E-state index is 12.2. The molecule has 1 aliphatic rings. The molecule has 0 atom stereocenters. The molecule has 0 radical (unpaired) electrons. The van der Waals surface area contributed by atoms with Gasteiger partial charge in [-0.15, -0.1) is 11.3 Å². The average Bonchev–Trinajstić information content (AvgIpc) is 2.96. The van der Waals surface area contributed by atoms with Gasteiger partial charge in [0.25, 0.3) is 0 Å². The predicted molar refractivity (Wildman–Crippen MR) is 100 cm³/mol. The molecular formula is C19H17N3O3S. The number of anilines is 1. The largest absolute Gasteiger partial charge is 0.465 e. The van der Waals surface area contributed by atoms with Crippen molar-refractivity contribution in [1.82, 2.24) is 4.90 Å². The molecule has 0 aliphatic carbocycles. The van der Waals surface area contributed by atoms with Crippen LogP contribution in [0.15, 0.2) is 30.3 Å². The van der Waals surface area contributed by atoms with Gasteiger partial charge in [0.1, 0.15) is 11.1 Å². The van der Waals surface area contributed by atoms with Gasteiger partial charge in [-0.05, 0) is 36.1 Å². The van der Waals surface area contributed by atoms with Crippen molar-refractivity contribution < 1.29 is 14.7 Å². The Labute approximate surface area is 155 Å². The lowest BCUT2D eigenvalue weighted by Crippen LogP contribution is -2.34. The Morgan fingerprint density at radius 3 is 2.85 bits per heavy atom. The SMILES string of the molecule is Cc1ccccc1C=CC(=O)Nc1sc2c(c1C#N)CCN(C(=O)O)C2. The normalized spacial score (nSPS) is 13.3. The van der Waals surface area contributed by atoms with Crippen LogP contribution >= 0.6 is 11.3 Å². The molecule has 2 N–H and O–H groups in total. The minimum absolute atomic E-state index is 0.249. The van der Waals surface area contributed by atoms with Gasteiger partial charge in [-0.2, -0.15) is 5.26 Å². The summed E-state index contributed by atoms with van der Waals surface area (Å²) >= 11 is 1.27. The van der Waals surface area contributed by atoms with Gasteiger partial charge in [0.2, 0.25) is 5.91 Å². The highest BCUT2D eigenvalue weighted by Crippen LogP contribution is 2.36. The quantitative estimate of drug-likeness (QED) is 0.810. The molecule has 0 bridgehead atoms. The number of carboxylic acid groups (broad SMARTS) is 1. The highest BCUT2D eigenvalue weighted by molar-refractivity contribution is 7.16. The van der Waals surface area contributed by atoms with Gasteiger partial charge < -0.3 is 15.3 Å². The summed E-state index contributed by atoms with van der Waals surface area (Å²) in [6.07, 6.45) is 2.67. The molecule has 1 aromatic carbocycles. The van der Waals surface area contributed by atoms with Crippen molar-refractivity contribution in [1.29, 1.82) is 5.26 Å². The van der Waals surface area contributed by atoms with Crippen LogP contribution in [0.25, 0.3) is 6.08 Å². The van der Waals surface area contributed by atoms with Gasteiger partial charge in [0.05, 0.1) is 12.1 Å². The van der Waals surface area contributed by atoms with Crippen LogP contribution in [0.4, 0.5) is 9.80 Å². The molecule has 2 amide bonds. The Balaban J connectivity index is 1.78. The van der Waals surface area contributed by atoms with E-state index in [4.69, 9.17) is 5.11 Å². The maximum atomic E-state index is 12.2. The minimum Gasteiger partial charge on any atom is -0.465 e. The van der Waals surface area contributed by atoms with Crippen molar-refractivity contribution in [3.05, 3.63) is 57.5 Å². The van der Waals surface area contributed by atoms with E-state index in [0.29, 0.717) is 23.5 Å². The van der Waals surface area contributed by atoms with Crippen LogP contribution in [0.2, 0.25) is 0 Å². The maximum Gasteiger partial charge on any atom is 0.407 e. The molecule has 1 aromatic heterocycles. The number of nitrogens with one attached hydrogen (secondary N) is 1. The highest BCUT2D eigenvalue weighted by atomic mass is 32.1. The fourth-order valence-electron chi connectivity index (χ4n) is 2.87. The highest BCUT2D eigenvalue weighted by Gasteiger charge is 2.27. The van der Waals surface area contributed by atoms with Crippen molar-refractivity contribution in [3.8, 4) is 6.07 Å². The molecule has 6 nitrogen and oxygen atoms in total. The number of fused-ring (bicyclic) bond motifs is 1.